The highest BCUT2D eigenvalue weighted by Gasteiger charge is 2.42. The van der Waals surface area contributed by atoms with E-state index in [1.54, 1.807) is 35.6 Å². The first-order valence-electron chi connectivity index (χ1n) is 8.14. The predicted octanol–water partition coefficient (Wildman–Crippen LogP) is 1.58. The molecule has 0 radical (unpaired) electrons. The van der Waals surface area contributed by atoms with Crippen molar-refractivity contribution in [2.75, 3.05) is 18.1 Å². The van der Waals surface area contributed by atoms with Gasteiger partial charge < -0.3 is 10.1 Å². The third kappa shape index (κ3) is 3.66. The van der Waals surface area contributed by atoms with Gasteiger partial charge in [0.1, 0.15) is 5.75 Å². The molecule has 1 aromatic carbocycles. The number of rotatable bonds is 7. The molecule has 2 N–H and O–H groups in total. The van der Waals surface area contributed by atoms with Gasteiger partial charge in [0.2, 0.25) is 5.91 Å². The zero-order valence-corrected chi connectivity index (χ0v) is 14.4. The standard InChI is InChI=1S/C18H20N2O3S/c1-2-23-14-7-5-13(6-8-14)20-17(21)12-16(18(20)22)19-10-9-15-4-3-11-24-15/h3-8,11,16,19H,2,9-10,12H2,1H3/p+1/t16-/m0/s1. The molecule has 0 saturated carbocycles. The quantitative estimate of drug-likeness (QED) is 0.775. The van der Waals surface area contributed by atoms with E-state index in [1.165, 1.54) is 9.78 Å². The van der Waals surface area contributed by atoms with Gasteiger partial charge in [0, 0.05) is 11.3 Å². The molecule has 1 aliphatic heterocycles. The molecule has 1 saturated heterocycles. The SMILES string of the molecule is CCOc1ccc(N2C(=O)C[C@H]([NH2+]CCc3cccs3)C2=O)cc1. The van der Waals surface area contributed by atoms with Gasteiger partial charge in [-0.1, -0.05) is 6.07 Å². The second-order valence-electron chi connectivity index (χ2n) is 5.66. The van der Waals surface area contributed by atoms with E-state index in [-0.39, 0.29) is 24.3 Å². The Balaban J connectivity index is 1.60. The molecule has 6 heteroatoms. The fourth-order valence-electron chi connectivity index (χ4n) is 2.85. The van der Waals surface area contributed by atoms with E-state index in [2.05, 4.69) is 6.07 Å². The lowest BCUT2D eigenvalue weighted by atomic mass is 10.2. The van der Waals surface area contributed by atoms with Gasteiger partial charge in [-0.3, -0.25) is 9.59 Å². The lowest BCUT2D eigenvalue weighted by Gasteiger charge is -2.14. The fraction of sp³-hybridized carbons (Fsp3) is 0.333. The summed E-state index contributed by atoms with van der Waals surface area (Å²) >= 11 is 1.72. The molecule has 2 aromatic rings. The third-order valence-electron chi connectivity index (χ3n) is 4.01. The third-order valence-corrected chi connectivity index (χ3v) is 4.95. The number of imide groups is 1. The molecule has 0 spiro atoms. The Kier molecular flexibility index (Phi) is 5.27. The Hall–Kier alpha value is -2.18. The first-order valence-corrected chi connectivity index (χ1v) is 9.02. The summed E-state index contributed by atoms with van der Waals surface area (Å²) in [4.78, 5) is 27.4. The molecule has 5 nitrogen and oxygen atoms in total. The molecule has 1 atom stereocenters. The average Bonchev–Trinajstić information content (AvgIpc) is 3.18. The minimum absolute atomic E-state index is 0.129. The van der Waals surface area contributed by atoms with Crippen molar-refractivity contribution in [3.8, 4) is 5.75 Å². The van der Waals surface area contributed by atoms with Crippen molar-refractivity contribution >= 4 is 28.8 Å². The molecular formula is C18H21N2O3S+. The zero-order valence-electron chi connectivity index (χ0n) is 13.6. The van der Waals surface area contributed by atoms with Crippen LogP contribution in [0.3, 0.4) is 0 Å². The number of amides is 2. The first-order chi connectivity index (χ1) is 11.7. The number of benzene rings is 1. The van der Waals surface area contributed by atoms with Gasteiger partial charge in [0.25, 0.3) is 5.91 Å². The number of nitrogens with zero attached hydrogens (tertiary/aromatic N) is 1. The van der Waals surface area contributed by atoms with Crippen LogP contribution in [-0.2, 0) is 16.0 Å². The van der Waals surface area contributed by atoms with Crippen LogP contribution in [0.4, 0.5) is 5.69 Å². The van der Waals surface area contributed by atoms with Gasteiger partial charge in [-0.25, -0.2) is 4.90 Å². The molecule has 2 amide bonds. The summed E-state index contributed by atoms with van der Waals surface area (Å²) in [7, 11) is 0. The van der Waals surface area contributed by atoms with Gasteiger partial charge in [-0.05, 0) is 42.6 Å². The zero-order chi connectivity index (χ0) is 16.9. The van der Waals surface area contributed by atoms with Crippen LogP contribution in [0.2, 0.25) is 0 Å². The van der Waals surface area contributed by atoms with Crippen molar-refractivity contribution in [2.24, 2.45) is 0 Å². The van der Waals surface area contributed by atoms with Gasteiger partial charge >= 0.3 is 0 Å². The highest BCUT2D eigenvalue weighted by atomic mass is 32.1. The Morgan fingerprint density at radius 2 is 2.04 bits per heavy atom. The minimum Gasteiger partial charge on any atom is -0.494 e. The number of quaternary nitrogens is 1. The molecule has 0 unspecified atom stereocenters. The van der Waals surface area contributed by atoms with Crippen LogP contribution >= 0.6 is 11.3 Å². The van der Waals surface area contributed by atoms with Gasteiger partial charge in [-0.2, -0.15) is 0 Å². The molecule has 24 heavy (non-hydrogen) atoms. The van der Waals surface area contributed by atoms with Crippen molar-refractivity contribution in [3.63, 3.8) is 0 Å². The van der Waals surface area contributed by atoms with Crippen LogP contribution in [0.15, 0.2) is 41.8 Å². The largest absolute Gasteiger partial charge is 0.494 e. The van der Waals surface area contributed by atoms with Crippen LogP contribution in [0.1, 0.15) is 18.2 Å². The van der Waals surface area contributed by atoms with Crippen LogP contribution < -0.4 is 15.0 Å². The van der Waals surface area contributed by atoms with Crippen LogP contribution in [-0.4, -0.2) is 31.0 Å². The van der Waals surface area contributed by atoms with E-state index >= 15 is 0 Å². The fourth-order valence-corrected chi connectivity index (χ4v) is 3.58. The highest BCUT2D eigenvalue weighted by Crippen LogP contribution is 2.24. The molecule has 0 aliphatic carbocycles. The monoisotopic (exact) mass is 345 g/mol. The van der Waals surface area contributed by atoms with E-state index in [4.69, 9.17) is 4.74 Å². The van der Waals surface area contributed by atoms with Crippen molar-refractivity contribution in [2.45, 2.75) is 25.8 Å². The maximum Gasteiger partial charge on any atom is 0.292 e. The molecule has 1 aromatic heterocycles. The molecule has 1 fully saturated rings. The normalized spacial score (nSPS) is 17.5. The second-order valence-corrected chi connectivity index (χ2v) is 6.69. The lowest BCUT2D eigenvalue weighted by Crippen LogP contribution is -2.92. The van der Waals surface area contributed by atoms with Crippen molar-refractivity contribution in [1.29, 1.82) is 0 Å². The number of ether oxygens (including phenoxy) is 1. The summed E-state index contributed by atoms with van der Waals surface area (Å²) in [6, 6.07) is 10.9. The number of hydrogen-bond acceptors (Lipinski definition) is 4. The van der Waals surface area contributed by atoms with Gasteiger partial charge in [0.15, 0.2) is 6.04 Å². The van der Waals surface area contributed by atoms with E-state index in [0.29, 0.717) is 12.3 Å². The van der Waals surface area contributed by atoms with Gasteiger partial charge in [-0.15, -0.1) is 11.3 Å². The predicted molar refractivity (Wildman–Crippen MR) is 93.3 cm³/mol. The summed E-state index contributed by atoms with van der Waals surface area (Å²) in [5, 5.41) is 4.03. The summed E-state index contributed by atoms with van der Waals surface area (Å²) in [5.74, 6) is 0.469. The van der Waals surface area contributed by atoms with Crippen molar-refractivity contribution in [3.05, 3.63) is 46.7 Å². The number of carbonyl (C=O) groups is 2. The van der Waals surface area contributed by atoms with Crippen LogP contribution in [0.5, 0.6) is 5.75 Å². The number of hydrogen-bond donors (Lipinski definition) is 1. The second kappa shape index (κ2) is 7.59. The smallest absolute Gasteiger partial charge is 0.292 e. The van der Waals surface area contributed by atoms with E-state index < -0.39 is 0 Å². The molecule has 0 bridgehead atoms. The first kappa shape index (κ1) is 16.7. The van der Waals surface area contributed by atoms with Crippen molar-refractivity contribution in [1.82, 2.24) is 0 Å². The highest BCUT2D eigenvalue weighted by molar-refractivity contribution is 7.09. The summed E-state index contributed by atoms with van der Waals surface area (Å²) in [5.41, 5.74) is 0.614. The van der Waals surface area contributed by atoms with E-state index in [0.717, 1.165) is 18.7 Å². The molecule has 2 heterocycles. The maximum absolute atomic E-state index is 12.6. The summed E-state index contributed by atoms with van der Waals surface area (Å²) < 4.78 is 5.39. The van der Waals surface area contributed by atoms with Gasteiger partial charge in [0.05, 0.1) is 25.3 Å². The molecule has 3 rings (SSSR count). The number of thiophene rings is 1. The minimum atomic E-state index is -0.316. The van der Waals surface area contributed by atoms with Crippen molar-refractivity contribution < 1.29 is 19.6 Å². The number of anilines is 1. The number of carbonyl (C=O) groups excluding carboxylic acids is 2. The van der Waals surface area contributed by atoms with E-state index in [1.807, 2.05) is 23.7 Å². The Morgan fingerprint density at radius 1 is 1.25 bits per heavy atom. The number of nitrogens with two attached hydrogens (primary N) is 1. The molecule has 126 valence electrons. The lowest BCUT2D eigenvalue weighted by molar-refractivity contribution is -0.674. The van der Waals surface area contributed by atoms with Crippen LogP contribution in [0, 0.1) is 0 Å². The maximum atomic E-state index is 12.6. The molecule has 1 aliphatic rings. The Bertz CT molecular complexity index is 698. The summed E-state index contributed by atoms with van der Waals surface area (Å²) in [6.07, 6.45) is 1.18. The summed E-state index contributed by atoms with van der Waals surface area (Å²) in [6.45, 7) is 3.31. The molecular weight excluding hydrogens is 324 g/mol. The van der Waals surface area contributed by atoms with E-state index in [9.17, 15) is 9.59 Å². The Morgan fingerprint density at radius 3 is 2.71 bits per heavy atom. The Labute approximate surface area is 145 Å². The average molecular weight is 345 g/mol. The topological polar surface area (TPSA) is 63.2 Å². The van der Waals surface area contributed by atoms with Crippen LogP contribution in [0.25, 0.3) is 0 Å².